The molecule has 1 N–H and O–H groups in total. The van der Waals surface area contributed by atoms with Crippen molar-refractivity contribution in [2.45, 2.75) is 36.6 Å². The van der Waals surface area contributed by atoms with Gasteiger partial charge in [-0.1, -0.05) is 0 Å². The second-order valence-corrected chi connectivity index (χ2v) is 7.44. The van der Waals surface area contributed by atoms with Gasteiger partial charge in [-0.2, -0.15) is 0 Å². The molecule has 136 valence electrons. The van der Waals surface area contributed by atoms with E-state index in [2.05, 4.69) is 14.4 Å². The van der Waals surface area contributed by atoms with Crippen molar-refractivity contribution in [3.8, 4) is 5.75 Å². The van der Waals surface area contributed by atoms with Gasteiger partial charge in [-0.25, -0.2) is 18.1 Å². The van der Waals surface area contributed by atoms with Crippen molar-refractivity contribution >= 4 is 10.0 Å². The molecule has 0 radical (unpaired) electrons. The number of rotatable bonds is 7. The van der Waals surface area contributed by atoms with Gasteiger partial charge in [-0.05, 0) is 37.1 Å². The highest BCUT2D eigenvalue weighted by atomic mass is 32.2. The molecule has 1 saturated carbocycles. The van der Waals surface area contributed by atoms with Crippen LogP contribution in [-0.2, 0) is 16.6 Å². The molecule has 0 aliphatic heterocycles. The molecular weight excluding hydrogens is 359 g/mol. The predicted molar refractivity (Wildman–Crippen MR) is 82.5 cm³/mol. The summed E-state index contributed by atoms with van der Waals surface area (Å²) in [4.78, 5) is 4.14. The molecule has 0 saturated heterocycles. The number of nitrogens with one attached hydrogen (secondary N) is 1. The Balaban J connectivity index is 1.58. The first kappa shape index (κ1) is 17.7. The van der Waals surface area contributed by atoms with Crippen LogP contribution in [-0.4, -0.2) is 30.9 Å². The highest BCUT2D eigenvalue weighted by Crippen LogP contribution is 2.38. The van der Waals surface area contributed by atoms with E-state index < -0.39 is 22.1 Å². The summed E-state index contributed by atoms with van der Waals surface area (Å²) in [6.45, 7) is 0.583. The summed E-state index contributed by atoms with van der Waals surface area (Å²) in [5.41, 5.74) is 0. The second kappa shape index (κ2) is 6.68. The maximum absolute atomic E-state index is 12.2. The number of ether oxygens (including phenoxy) is 1. The minimum absolute atomic E-state index is 0.130. The molecule has 0 amide bonds. The SMILES string of the molecule is O=S(=O)(NCCn1ccnc1C1CC1)c1ccc(OC(F)(F)F)cc1. The lowest BCUT2D eigenvalue weighted by Crippen LogP contribution is -2.27. The number of nitrogens with zero attached hydrogens (tertiary/aromatic N) is 2. The Bertz CT molecular complexity index is 828. The fraction of sp³-hybridized carbons (Fsp3) is 0.400. The van der Waals surface area contributed by atoms with Gasteiger partial charge in [0.25, 0.3) is 0 Å². The van der Waals surface area contributed by atoms with Gasteiger partial charge in [-0.15, -0.1) is 13.2 Å². The summed E-state index contributed by atoms with van der Waals surface area (Å²) in [5, 5.41) is 0. The fourth-order valence-electron chi connectivity index (χ4n) is 2.42. The number of imidazole rings is 1. The molecule has 2 aromatic rings. The van der Waals surface area contributed by atoms with Gasteiger partial charge in [0.1, 0.15) is 11.6 Å². The minimum Gasteiger partial charge on any atom is -0.406 e. The Morgan fingerprint density at radius 2 is 1.92 bits per heavy atom. The molecule has 1 aromatic heterocycles. The van der Waals surface area contributed by atoms with Crippen LogP contribution in [0.1, 0.15) is 24.6 Å². The number of aromatic nitrogens is 2. The van der Waals surface area contributed by atoms with E-state index in [4.69, 9.17) is 0 Å². The maximum Gasteiger partial charge on any atom is 0.573 e. The summed E-state index contributed by atoms with van der Waals surface area (Å²) in [6.07, 6.45) is 0.847. The van der Waals surface area contributed by atoms with Crippen LogP contribution in [0.25, 0.3) is 0 Å². The third kappa shape index (κ3) is 4.73. The van der Waals surface area contributed by atoms with Crippen LogP contribution in [0.4, 0.5) is 13.2 Å². The van der Waals surface area contributed by atoms with E-state index in [1.165, 1.54) is 0 Å². The van der Waals surface area contributed by atoms with Crippen molar-refractivity contribution < 1.29 is 26.3 Å². The monoisotopic (exact) mass is 375 g/mol. The molecule has 0 atom stereocenters. The summed E-state index contributed by atoms with van der Waals surface area (Å²) in [7, 11) is -3.81. The maximum atomic E-state index is 12.2. The van der Waals surface area contributed by atoms with Crippen molar-refractivity contribution in [3.63, 3.8) is 0 Å². The molecule has 1 fully saturated rings. The van der Waals surface area contributed by atoms with Crippen molar-refractivity contribution in [2.24, 2.45) is 0 Å². The molecule has 1 aliphatic carbocycles. The predicted octanol–water partition coefficient (Wildman–Crippen LogP) is 2.64. The fourth-order valence-corrected chi connectivity index (χ4v) is 3.44. The smallest absolute Gasteiger partial charge is 0.406 e. The molecular formula is C15H16F3N3O3S. The first-order valence-electron chi connectivity index (χ1n) is 7.61. The van der Waals surface area contributed by atoms with Gasteiger partial charge < -0.3 is 9.30 Å². The summed E-state index contributed by atoms with van der Waals surface area (Å²) >= 11 is 0. The van der Waals surface area contributed by atoms with E-state index in [9.17, 15) is 21.6 Å². The number of alkyl halides is 3. The van der Waals surface area contributed by atoms with Crippen LogP contribution in [0.15, 0.2) is 41.6 Å². The van der Waals surface area contributed by atoms with Crippen LogP contribution in [0.3, 0.4) is 0 Å². The minimum atomic E-state index is -4.82. The number of halogens is 3. The number of benzene rings is 1. The van der Waals surface area contributed by atoms with Gasteiger partial charge in [0.2, 0.25) is 10.0 Å². The van der Waals surface area contributed by atoms with Gasteiger partial charge in [0.15, 0.2) is 0 Å². The highest BCUT2D eigenvalue weighted by molar-refractivity contribution is 7.89. The Morgan fingerprint density at radius 1 is 1.24 bits per heavy atom. The van der Waals surface area contributed by atoms with E-state index in [1.807, 2.05) is 4.57 Å². The lowest BCUT2D eigenvalue weighted by molar-refractivity contribution is -0.274. The first-order valence-corrected chi connectivity index (χ1v) is 9.09. The standard InChI is InChI=1S/C15H16F3N3O3S/c16-15(17,18)24-12-3-5-13(6-4-12)25(22,23)20-8-10-21-9-7-19-14(21)11-1-2-11/h3-7,9,11,20H,1-2,8,10H2. The van der Waals surface area contributed by atoms with Crippen LogP contribution in [0.2, 0.25) is 0 Å². The molecule has 1 heterocycles. The van der Waals surface area contributed by atoms with Crippen molar-refractivity contribution in [1.29, 1.82) is 0 Å². The summed E-state index contributed by atoms with van der Waals surface area (Å²) in [5.74, 6) is 0.930. The first-order chi connectivity index (χ1) is 11.7. The molecule has 1 aromatic carbocycles. The number of sulfonamides is 1. The molecule has 10 heteroatoms. The van der Waals surface area contributed by atoms with Gasteiger partial charge in [-0.3, -0.25) is 0 Å². The van der Waals surface area contributed by atoms with Crippen LogP contribution >= 0.6 is 0 Å². The molecule has 0 unspecified atom stereocenters. The van der Waals surface area contributed by atoms with E-state index in [1.54, 1.807) is 12.4 Å². The second-order valence-electron chi connectivity index (χ2n) is 5.67. The lowest BCUT2D eigenvalue weighted by atomic mass is 10.3. The molecule has 6 nitrogen and oxygen atoms in total. The third-order valence-electron chi connectivity index (χ3n) is 3.70. The van der Waals surface area contributed by atoms with Gasteiger partial charge in [0, 0.05) is 31.4 Å². The Hall–Kier alpha value is -2.07. The Labute approximate surface area is 142 Å². The van der Waals surface area contributed by atoms with Crippen LogP contribution < -0.4 is 9.46 Å². The third-order valence-corrected chi connectivity index (χ3v) is 5.18. The lowest BCUT2D eigenvalue weighted by Gasteiger charge is -2.11. The molecule has 1 aliphatic rings. The largest absolute Gasteiger partial charge is 0.573 e. The average molecular weight is 375 g/mol. The van der Waals surface area contributed by atoms with Crippen molar-refractivity contribution in [3.05, 3.63) is 42.5 Å². The summed E-state index contributed by atoms with van der Waals surface area (Å²) < 4.78 is 68.8. The zero-order valence-electron chi connectivity index (χ0n) is 13.0. The van der Waals surface area contributed by atoms with E-state index in [0.29, 0.717) is 12.5 Å². The van der Waals surface area contributed by atoms with Crippen LogP contribution in [0.5, 0.6) is 5.75 Å². The normalized spacial score (nSPS) is 15.3. The molecule has 0 bridgehead atoms. The number of hydrogen-bond donors (Lipinski definition) is 1. The van der Waals surface area contributed by atoms with Crippen molar-refractivity contribution in [1.82, 2.24) is 14.3 Å². The Morgan fingerprint density at radius 3 is 2.52 bits per heavy atom. The van der Waals surface area contributed by atoms with E-state index in [-0.39, 0.29) is 11.4 Å². The Kier molecular flexibility index (Phi) is 4.74. The van der Waals surface area contributed by atoms with E-state index in [0.717, 1.165) is 42.9 Å². The topological polar surface area (TPSA) is 73.2 Å². The zero-order chi connectivity index (χ0) is 18.1. The molecule has 0 spiro atoms. The van der Waals surface area contributed by atoms with Crippen LogP contribution in [0, 0.1) is 0 Å². The highest BCUT2D eigenvalue weighted by Gasteiger charge is 2.31. The average Bonchev–Trinajstić information content (AvgIpc) is 3.25. The molecule has 25 heavy (non-hydrogen) atoms. The summed E-state index contributed by atoms with van der Waals surface area (Å²) in [6, 6.07) is 4.05. The number of hydrogen-bond acceptors (Lipinski definition) is 4. The van der Waals surface area contributed by atoms with Gasteiger partial charge >= 0.3 is 6.36 Å². The quantitative estimate of drug-likeness (QED) is 0.808. The zero-order valence-corrected chi connectivity index (χ0v) is 13.8. The van der Waals surface area contributed by atoms with Gasteiger partial charge in [0.05, 0.1) is 4.90 Å². The van der Waals surface area contributed by atoms with Crippen molar-refractivity contribution in [2.75, 3.05) is 6.54 Å². The van der Waals surface area contributed by atoms with E-state index >= 15 is 0 Å². The molecule has 3 rings (SSSR count).